The minimum Gasteiger partial charge on any atom is -0.510 e. The van der Waals surface area contributed by atoms with Gasteiger partial charge in [0.05, 0.1) is 16.3 Å². The number of H-pyrrole nitrogens is 2. The fraction of sp³-hybridized carbons (Fsp3) is 0.143. The van der Waals surface area contributed by atoms with E-state index in [0.29, 0.717) is 16.8 Å². The summed E-state index contributed by atoms with van der Waals surface area (Å²) in [7, 11) is 0. The van der Waals surface area contributed by atoms with E-state index in [1.807, 2.05) is 55.5 Å². The van der Waals surface area contributed by atoms with Gasteiger partial charge in [0.2, 0.25) is 5.16 Å². The van der Waals surface area contributed by atoms with Crippen LogP contribution in [0.3, 0.4) is 0 Å². The first-order valence-electron chi connectivity index (χ1n) is 8.99. The van der Waals surface area contributed by atoms with Crippen LogP contribution in [0.1, 0.15) is 18.3 Å². The number of imidazole rings is 1. The molecule has 7 nitrogen and oxygen atoms in total. The number of fused-ring (bicyclic) bond motifs is 1. The van der Waals surface area contributed by atoms with Crippen LogP contribution in [0.2, 0.25) is 0 Å². The number of aromatic amines is 2. The van der Waals surface area contributed by atoms with Crippen molar-refractivity contribution in [3.8, 4) is 17.5 Å². The number of aromatic nitrogens is 5. The predicted molar refractivity (Wildman–Crippen MR) is 113 cm³/mol. The maximum atomic E-state index is 10.7. The molecule has 0 bridgehead atoms. The van der Waals surface area contributed by atoms with Crippen LogP contribution in [-0.2, 0) is 0 Å². The van der Waals surface area contributed by atoms with Crippen molar-refractivity contribution in [3.05, 3.63) is 65.7 Å². The molecule has 8 heteroatoms. The van der Waals surface area contributed by atoms with Crippen molar-refractivity contribution < 1.29 is 5.11 Å². The number of nitrogens with one attached hydrogen (secondary N) is 2. The van der Waals surface area contributed by atoms with Crippen molar-refractivity contribution in [3.63, 3.8) is 0 Å². The Balaban J connectivity index is 1.57. The van der Waals surface area contributed by atoms with E-state index in [1.54, 1.807) is 6.92 Å². The van der Waals surface area contributed by atoms with Crippen molar-refractivity contribution in [1.82, 2.24) is 25.1 Å². The summed E-state index contributed by atoms with van der Waals surface area (Å²) < 4.78 is 0. The molecule has 0 unspecified atom stereocenters. The summed E-state index contributed by atoms with van der Waals surface area (Å²) in [6.45, 7) is 3.82. The largest absolute Gasteiger partial charge is 0.510 e. The summed E-state index contributed by atoms with van der Waals surface area (Å²) in [4.78, 5) is 12.0. The average molecular weight is 402 g/mol. The topological polar surface area (TPSA) is 114 Å². The van der Waals surface area contributed by atoms with Gasteiger partial charge in [0, 0.05) is 5.56 Å². The molecule has 0 aliphatic heterocycles. The Hall–Kier alpha value is -3.57. The van der Waals surface area contributed by atoms with E-state index in [4.69, 9.17) is 0 Å². The zero-order chi connectivity index (χ0) is 20.4. The van der Waals surface area contributed by atoms with Crippen LogP contribution in [-0.4, -0.2) is 35.5 Å². The third-order valence-electron chi connectivity index (χ3n) is 4.45. The van der Waals surface area contributed by atoms with Crippen LogP contribution >= 0.6 is 11.8 Å². The van der Waals surface area contributed by atoms with E-state index in [1.165, 1.54) is 17.3 Å². The number of hydrogen-bond acceptors (Lipinski definition) is 6. The maximum absolute atomic E-state index is 10.7. The molecule has 0 saturated carbocycles. The number of benzene rings is 2. The van der Waals surface area contributed by atoms with Gasteiger partial charge in [-0.05, 0) is 26.0 Å². The molecule has 2 aromatic heterocycles. The minimum atomic E-state index is -0.431. The van der Waals surface area contributed by atoms with Gasteiger partial charge >= 0.3 is 0 Å². The van der Waals surface area contributed by atoms with E-state index < -0.39 is 5.25 Å². The van der Waals surface area contributed by atoms with Crippen LogP contribution in [0, 0.1) is 18.3 Å². The monoisotopic (exact) mass is 402 g/mol. The molecule has 0 aliphatic rings. The lowest BCUT2D eigenvalue weighted by Gasteiger charge is -2.09. The molecule has 4 rings (SSSR count). The van der Waals surface area contributed by atoms with Gasteiger partial charge in [0.25, 0.3) is 0 Å². The van der Waals surface area contributed by atoms with Gasteiger partial charge in [-0.15, -0.1) is 5.10 Å². The number of nitrogens with zero attached hydrogens (tertiary/aromatic N) is 4. The Kier molecular flexibility index (Phi) is 5.06. The summed E-state index contributed by atoms with van der Waals surface area (Å²) in [5.74, 6) is 0.924. The maximum Gasteiger partial charge on any atom is 0.209 e. The van der Waals surface area contributed by atoms with Gasteiger partial charge in [0.1, 0.15) is 17.4 Å². The van der Waals surface area contributed by atoms with Crippen LogP contribution < -0.4 is 0 Å². The van der Waals surface area contributed by atoms with E-state index >= 15 is 0 Å². The van der Waals surface area contributed by atoms with E-state index in [9.17, 15) is 10.4 Å². The van der Waals surface area contributed by atoms with Gasteiger partial charge in [-0.2, -0.15) is 5.26 Å². The Morgan fingerprint density at radius 1 is 1.14 bits per heavy atom. The first kappa shape index (κ1) is 18.8. The summed E-state index contributed by atoms with van der Waals surface area (Å²) >= 11 is 1.26. The van der Waals surface area contributed by atoms with Crippen LogP contribution in [0.15, 0.2) is 59.4 Å². The summed E-state index contributed by atoms with van der Waals surface area (Å²) in [5.41, 5.74) is 3.75. The molecule has 2 heterocycles. The molecule has 29 heavy (non-hydrogen) atoms. The molecular weight excluding hydrogens is 384 g/mol. The highest BCUT2D eigenvalue weighted by atomic mass is 32.2. The zero-order valence-electron chi connectivity index (χ0n) is 15.8. The summed E-state index contributed by atoms with van der Waals surface area (Å²) in [5, 5.41) is 27.5. The molecule has 0 saturated heterocycles. The molecule has 0 fully saturated rings. The highest BCUT2D eigenvalue weighted by Crippen LogP contribution is 2.29. The minimum absolute atomic E-state index is 0.0711. The van der Waals surface area contributed by atoms with Crippen molar-refractivity contribution in [2.24, 2.45) is 0 Å². The van der Waals surface area contributed by atoms with Crippen molar-refractivity contribution in [1.29, 1.82) is 5.26 Å². The van der Waals surface area contributed by atoms with Crippen molar-refractivity contribution in [2.75, 3.05) is 0 Å². The number of thioether (sulfide) groups is 1. The molecule has 2 aromatic carbocycles. The van der Waals surface area contributed by atoms with Crippen LogP contribution in [0.25, 0.3) is 28.0 Å². The first-order chi connectivity index (χ1) is 14.0. The summed E-state index contributed by atoms with van der Waals surface area (Å²) in [6, 6.07) is 17.5. The highest BCUT2D eigenvalue weighted by molar-refractivity contribution is 7.99. The molecule has 3 N–H and O–H groups in total. The van der Waals surface area contributed by atoms with Gasteiger partial charge in [-0.25, -0.2) is 9.97 Å². The number of hydrogen-bond donors (Lipinski definition) is 3. The van der Waals surface area contributed by atoms with Gasteiger partial charge < -0.3 is 10.1 Å². The van der Waals surface area contributed by atoms with E-state index in [-0.39, 0.29) is 11.3 Å². The Morgan fingerprint density at radius 2 is 1.90 bits per heavy atom. The number of aliphatic hydroxyl groups is 1. The Bertz CT molecular complexity index is 1200. The molecule has 0 radical (unpaired) electrons. The SMILES string of the molecule is Cc1ccc(-c2nc(S[C@H](C)/C(O)=C(\C#N)c3nc4ccccc4[nH]3)n[nH]2)cc1. The molecule has 0 aliphatic carbocycles. The van der Waals surface area contributed by atoms with E-state index in [2.05, 4.69) is 31.2 Å². The first-order valence-corrected chi connectivity index (χ1v) is 9.87. The average Bonchev–Trinajstić information content (AvgIpc) is 3.36. The van der Waals surface area contributed by atoms with Crippen LogP contribution in [0.5, 0.6) is 0 Å². The molecule has 4 aromatic rings. The highest BCUT2D eigenvalue weighted by Gasteiger charge is 2.20. The second-order valence-electron chi connectivity index (χ2n) is 6.57. The Morgan fingerprint density at radius 3 is 2.62 bits per heavy atom. The predicted octanol–water partition coefficient (Wildman–Crippen LogP) is 4.63. The lowest BCUT2D eigenvalue weighted by molar-refractivity contribution is 0.401. The second kappa shape index (κ2) is 7.81. The molecule has 0 spiro atoms. The zero-order valence-corrected chi connectivity index (χ0v) is 16.7. The standard InChI is InChI=1S/C21H18N6OS/c1-12-7-9-14(10-8-12)19-25-21(27-26-19)29-13(2)18(28)15(11-22)20-23-16-5-3-4-6-17(16)24-20/h3-10,13,28H,1-2H3,(H,23,24)(H,25,26,27)/b18-15-/t13-/m1/s1. The van der Waals surface area contributed by atoms with Gasteiger partial charge in [-0.1, -0.05) is 53.7 Å². The fourth-order valence-corrected chi connectivity index (χ4v) is 3.65. The third kappa shape index (κ3) is 3.86. The van der Waals surface area contributed by atoms with Crippen LogP contribution in [0.4, 0.5) is 0 Å². The molecule has 1 atom stereocenters. The summed E-state index contributed by atoms with van der Waals surface area (Å²) in [6.07, 6.45) is 0. The fourth-order valence-electron chi connectivity index (χ4n) is 2.86. The molecular formula is C21H18N6OS. The lowest BCUT2D eigenvalue weighted by atomic mass is 10.1. The number of allylic oxidation sites excluding steroid dienone is 1. The smallest absolute Gasteiger partial charge is 0.209 e. The number of aryl methyl sites for hydroxylation is 1. The van der Waals surface area contributed by atoms with Crippen molar-refractivity contribution >= 4 is 28.4 Å². The van der Waals surface area contributed by atoms with E-state index in [0.717, 1.165) is 16.6 Å². The number of rotatable bonds is 5. The van der Waals surface area contributed by atoms with Crippen molar-refractivity contribution in [2.45, 2.75) is 24.3 Å². The van der Waals surface area contributed by atoms with Gasteiger partial charge in [-0.3, -0.25) is 5.10 Å². The third-order valence-corrected chi connectivity index (χ3v) is 5.42. The van der Waals surface area contributed by atoms with Gasteiger partial charge in [0.15, 0.2) is 11.6 Å². The lowest BCUT2D eigenvalue weighted by Crippen LogP contribution is -2.05. The normalized spacial score (nSPS) is 13.1. The number of nitriles is 1. The molecule has 0 amide bonds. The molecule has 144 valence electrons. The number of para-hydroxylation sites is 2. The quantitative estimate of drug-likeness (QED) is 0.255. The Labute approximate surface area is 171 Å². The number of aliphatic hydroxyl groups excluding tert-OH is 1. The second-order valence-corrected chi connectivity index (χ2v) is 7.88.